The molecule has 0 spiro atoms. The third kappa shape index (κ3) is 0.833. The summed E-state index contributed by atoms with van der Waals surface area (Å²) >= 11 is 0. The summed E-state index contributed by atoms with van der Waals surface area (Å²) in [6.45, 7) is 1.84. The zero-order valence-electron chi connectivity index (χ0n) is 6.28. The molecule has 0 amide bonds. The van der Waals surface area contributed by atoms with Crippen molar-refractivity contribution >= 4 is 0 Å². The number of nitrogens with one attached hydrogen (secondary N) is 1. The first kappa shape index (κ1) is 6.23. The molecule has 2 aliphatic rings. The number of aliphatic hydroxyl groups is 1. The largest absolute Gasteiger partial charge is 0.371 e. The van der Waals surface area contributed by atoms with E-state index in [9.17, 15) is 5.11 Å². The predicted octanol–water partition coefficient (Wildman–Crippen LogP) is 1.13. The van der Waals surface area contributed by atoms with Crippen LogP contribution in [-0.4, -0.2) is 10.8 Å². The van der Waals surface area contributed by atoms with Gasteiger partial charge in [0.25, 0.3) is 0 Å². The Kier molecular flexibility index (Phi) is 1.09. The molecule has 0 saturated carbocycles. The van der Waals surface area contributed by atoms with Crippen LogP contribution in [0.25, 0.3) is 0 Å². The van der Waals surface area contributed by atoms with Gasteiger partial charge in [0.15, 0.2) is 0 Å². The van der Waals surface area contributed by atoms with Crippen LogP contribution in [0.5, 0.6) is 0 Å². The Morgan fingerprint density at radius 2 is 2.30 bits per heavy atom. The number of rotatable bonds is 0. The van der Waals surface area contributed by atoms with E-state index in [2.05, 4.69) is 5.32 Å². The third-order valence-electron chi connectivity index (χ3n) is 2.31. The van der Waals surface area contributed by atoms with Gasteiger partial charge in [0.05, 0.1) is 0 Å². The molecule has 1 unspecified atom stereocenters. The molecule has 2 nitrogen and oxygen atoms in total. The van der Waals surface area contributed by atoms with Crippen LogP contribution in [0.3, 0.4) is 0 Å². The Bertz CT molecular complexity index is 175. The van der Waals surface area contributed by atoms with Gasteiger partial charge in [-0.1, -0.05) is 0 Å². The highest BCUT2D eigenvalue weighted by Crippen LogP contribution is 2.36. The first-order valence-electron chi connectivity index (χ1n) is 3.89. The van der Waals surface area contributed by atoms with E-state index in [-0.39, 0.29) is 0 Å². The van der Waals surface area contributed by atoms with Crippen molar-refractivity contribution in [2.24, 2.45) is 0 Å². The predicted molar refractivity (Wildman–Crippen MR) is 39.3 cm³/mol. The fraction of sp³-hybridized carbons (Fsp3) is 0.750. The number of hydrogen-bond donors (Lipinski definition) is 2. The minimum absolute atomic E-state index is 0.634. The maximum absolute atomic E-state index is 9.55. The summed E-state index contributed by atoms with van der Waals surface area (Å²) in [6.07, 6.45) is 4.44. The zero-order chi connectivity index (χ0) is 7.19. The molecule has 10 heavy (non-hydrogen) atoms. The van der Waals surface area contributed by atoms with E-state index >= 15 is 0 Å². The molecule has 2 N–H and O–H groups in total. The Morgan fingerprint density at radius 3 is 3.00 bits per heavy atom. The summed E-state index contributed by atoms with van der Waals surface area (Å²) in [5, 5.41) is 12.7. The monoisotopic (exact) mass is 139 g/mol. The average molecular weight is 139 g/mol. The maximum Gasteiger partial charge on any atom is 0.136 e. The molecule has 0 bridgehead atoms. The first-order valence-corrected chi connectivity index (χ1v) is 3.89. The fourth-order valence-corrected chi connectivity index (χ4v) is 1.94. The molecule has 1 heterocycles. The second-order valence-electron chi connectivity index (χ2n) is 3.51. The summed E-state index contributed by atoms with van der Waals surface area (Å²) in [5.74, 6) is 0. The molecule has 1 aliphatic heterocycles. The van der Waals surface area contributed by atoms with E-state index in [1.807, 2.05) is 6.92 Å². The highest BCUT2D eigenvalue weighted by molar-refractivity contribution is 5.26. The van der Waals surface area contributed by atoms with Crippen molar-refractivity contribution in [3.63, 3.8) is 0 Å². The summed E-state index contributed by atoms with van der Waals surface area (Å²) in [6, 6.07) is 0. The highest BCUT2D eigenvalue weighted by Gasteiger charge is 2.33. The van der Waals surface area contributed by atoms with Crippen molar-refractivity contribution in [2.45, 2.75) is 38.3 Å². The Morgan fingerprint density at radius 1 is 1.50 bits per heavy atom. The molecule has 2 heteroatoms. The Labute approximate surface area is 60.9 Å². The second kappa shape index (κ2) is 1.76. The van der Waals surface area contributed by atoms with E-state index in [1.165, 1.54) is 24.1 Å². The maximum atomic E-state index is 9.55. The van der Waals surface area contributed by atoms with Crippen LogP contribution in [0.2, 0.25) is 0 Å². The fourth-order valence-electron chi connectivity index (χ4n) is 1.94. The van der Waals surface area contributed by atoms with Crippen LogP contribution >= 0.6 is 0 Å². The van der Waals surface area contributed by atoms with E-state index in [4.69, 9.17) is 0 Å². The summed E-state index contributed by atoms with van der Waals surface area (Å²) in [7, 11) is 0. The van der Waals surface area contributed by atoms with Gasteiger partial charge in [0, 0.05) is 12.1 Å². The van der Waals surface area contributed by atoms with Crippen molar-refractivity contribution < 1.29 is 5.11 Å². The normalized spacial score (nSPS) is 38.2. The van der Waals surface area contributed by atoms with Gasteiger partial charge in [-0.3, -0.25) is 0 Å². The lowest BCUT2D eigenvalue weighted by atomic mass is 10.1. The van der Waals surface area contributed by atoms with Gasteiger partial charge >= 0.3 is 0 Å². The molecule has 1 atom stereocenters. The van der Waals surface area contributed by atoms with Crippen molar-refractivity contribution in [1.29, 1.82) is 0 Å². The van der Waals surface area contributed by atoms with Crippen LogP contribution in [0.4, 0.5) is 0 Å². The zero-order valence-corrected chi connectivity index (χ0v) is 6.28. The molecule has 0 radical (unpaired) electrons. The summed E-state index contributed by atoms with van der Waals surface area (Å²) < 4.78 is 0. The first-order chi connectivity index (χ1) is 4.67. The number of allylic oxidation sites excluding steroid dienone is 1. The lowest BCUT2D eigenvalue weighted by molar-refractivity contribution is 0.0446. The minimum atomic E-state index is -0.634. The van der Waals surface area contributed by atoms with Crippen LogP contribution in [0.1, 0.15) is 32.6 Å². The van der Waals surface area contributed by atoms with Gasteiger partial charge in [-0.15, -0.1) is 0 Å². The van der Waals surface area contributed by atoms with Gasteiger partial charge in [0.2, 0.25) is 0 Å². The van der Waals surface area contributed by atoms with Crippen LogP contribution in [0, 0.1) is 0 Å². The molecule has 1 aliphatic carbocycles. The number of hydrogen-bond acceptors (Lipinski definition) is 2. The Hall–Kier alpha value is -0.500. The van der Waals surface area contributed by atoms with E-state index in [0.717, 1.165) is 12.8 Å². The molecular formula is C8H13NO. The van der Waals surface area contributed by atoms with E-state index < -0.39 is 5.72 Å². The average Bonchev–Trinajstić information content (AvgIpc) is 2.20. The van der Waals surface area contributed by atoms with Crippen LogP contribution in [0.15, 0.2) is 11.3 Å². The van der Waals surface area contributed by atoms with Gasteiger partial charge < -0.3 is 10.4 Å². The molecular weight excluding hydrogens is 126 g/mol. The van der Waals surface area contributed by atoms with Gasteiger partial charge in [0.1, 0.15) is 5.72 Å². The van der Waals surface area contributed by atoms with Crippen molar-refractivity contribution in [2.75, 3.05) is 0 Å². The minimum Gasteiger partial charge on any atom is -0.371 e. The lowest BCUT2D eigenvalue weighted by Crippen LogP contribution is -2.36. The highest BCUT2D eigenvalue weighted by atomic mass is 16.3. The Balaban J connectivity index is 2.17. The second-order valence-corrected chi connectivity index (χ2v) is 3.51. The molecule has 56 valence electrons. The van der Waals surface area contributed by atoms with Crippen molar-refractivity contribution in [3.05, 3.63) is 11.3 Å². The third-order valence-corrected chi connectivity index (χ3v) is 2.31. The summed E-state index contributed by atoms with van der Waals surface area (Å²) in [4.78, 5) is 0. The van der Waals surface area contributed by atoms with Crippen LogP contribution < -0.4 is 5.32 Å². The molecule has 0 aromatic heterocycles. The van der Waals surface area contributed by atoms with E-state index in [0.29, 0.717) is 0 Å². The quantitative estimate of drug-likeness (QED) is 0.527. The molecule has 0 aromatic carbocycles. The standard InChI is InChI=1S/C8H13NO/c1-8(10)5-6-3-2-4-7(6)9-8/h9-10H,2-5H2,1H3. The molecule has 0 saturated heterocycles. The van der Waals surface area contributed by atoms with Crippen molar-refractivity contribution in [1.82, 2.24) is 5.32 Å². The van der Waals surface area contributed by atoms with Crippen molar-refractivity contribution in [3.8, 4) is 0 Å². The van der Waals surface area contributed by atoms with Gasteiger partial charge in [-0.05, 0) is 31.8 Å². The topological polar surface area (TPSA) is 32.3 Å². The molecule has 0 fully saturated rings. The van der Waals surface area contributed by atoms with E-state index in [1.54, 1.807) is 0 Å². The van der Waals surface area contributed by atoms with Gasteiger partial charge in [-0.2, -0.15) is 0 Å². The molecule has 2 rings (SSSR count). The summed E-state index contributed by atoms with van der Waals surface area (Å²) in [5.41, 5.74) is 2.13. The smallest absolute Gasteiger partial charge is 0.136 e. The lowest BCUT2D eigenvalue weighted by Gasteiger charge is -2.19. The molecule has 0 aromatic rings. The van der Waals surface area contributed by atoms with Crippen LogP contribution in [-0.2, 0) is 0 Å². The SMILES string of the molecule is CC1(O)CC2=C(CCC2)N1. The van der Waals surface area contributed by atoms with Gasteiger partial charge in [-0.25, -0.2) is 0 Å².